The Labute approximate surface area is 188 Å². The molecule has 0 amide bonds. The standard InChI is InChI=1S/C25H22O8/c26-17-3-1-11(5-21(17)30)13-7-16-15(8-19(13)28)20(29)10-23-25(16)14(9-24(32)33-23)12-2-4-18(27)22(31)6-12/h1-6,10,13-14,19,26-31H,7-9H2/t13-,14-,19-/m1/s1. The van der Waals surface area contributed by atoms with Crippen molar-refractivity contribution in [3.05, 3.63) is 70.3 Å². The molecule has 3 aromatic carbocycles. The van der Waals surface area contributed by atoms with Crippen molar-refractivity contribution in [2.45, 2.75) is 37.2 Å². The lowest BCUT2D eigenvalue weighted by Gasteiger charge is -2.36. The number of esters is 1. The number of phenolic OH excluding ortho intramolecular Hbond substituents is 5. The number of hydrogen-bond donors (Lipinski definition) is 6. The molecule has 0 bridgehead atoms. The molecule has 0 saturated heterocycles. The van der Waals surface area contributed by atoms with Gasteiger partial charge >= 0.3 is 5.97 Å². The highest BCUT2D eigenvalue weighted by atomic mass is 16.5. The Morgan fingerprint density at radius 1 is 0.697 bits per heavy atom. The largest absolute Gasteiger partial charge is 0.508 e. The molecule has 1 aliphatic heterocycles. The molecule has 0 unspecified atom stereocenters. The van der Waals surface area contributed by atoms with E-state index in [4.69, 9.17) is 4.74 Å². The predicted molar refractivity (Wildman–Crippen MR) is 116 cm³/mol. The number of carbonyl (C=O) groups excluding carboxylic acids is 1. The van der Waals surface area contributed by atoms with Gasteiger partial charge in [0.1, 0.15) is 11.5 Å². The zero-order valence-corrected chi connectivity index (χ0v) is 17.4. The first-order valence-electron chi connectivity index (χ1n) is 10.5. The highest BCUT2D eigenvalue weighted by Crippen LogP contribution is 2.49. The van der Waals surface area contributed by atoms with E-state index in [2.05, 4.69) is 0 Å². The number of fused-ring (bicyclic) bond motifs is 3. The first-order chi connectivity index (χ1) is 15.7. The third kappa shape index (κ3) is 3.48. The molecule has 1 heterocycles. The van der Waals surface area contributed by atoms with Crippen molar-refractivity contribution < 1.29 is 40.2 Å². The van der Waals surface area contributed by atoms with E-state index in [0.717, 1.165) is 5.56 Å². The van der Waals surface area contributed by atoms with E-state index in [-0.39, 0.29) is 53.8 Å². The molecule has 2 aliphatic rings. The van der Waals surface area contributed by atoms with Crippen LogP contribution in [0, 0.1) is 0 Å². The SMILES string of the molecule is O=C1C[C@H](c2ccc(O)c(O)c2)c2c(cc(O)c3c2C[C@H](c2ccc(O)c(O)c2)[C@H](O)C3)O1. The summed E-state index contributed by atoms with van der Waals surface area (Å²) in [6.07, 6.45) is -0.424. The molecule has 170 valence electrons. The van der Waals surface area contributed by atoms with Crippen molar-refractivity contribution in [2.24, 2.45) is 0 Å². The van der Waals surface area contributed by atoms with Crippen molar-refractivity contribution in [3.63, 3.8) is 0 Å². The van der Waals surface area contributed by atoms with Crippen LogP contribution >= 0.6 is 0 Å². The third-order valence-corrected chi connectivity index (χ3v) is 6.61. The number of aromatic hydroxyl groups is 5. The van der Waals surface area contributed by atoms with Gasteiger partial charge in [-0.15, -0.1) is 0 Å². The fourth-order valence-electron chi connectivity index (χ4n) is 4.98. The van der Waals surface area contributed by atoms with Crippen molar-refractivity contribution in [1.82, 2.24) is 0 Å². The smallest absolute Gasteiger partial charge is 0.312 e. The number of hydrogen-bond acceptors (Lipinski definition) is 8. The predicted octanol–water partition coefficient (Wildman–Crippen LogP) is 2.90. The van der Waals surface area contributed by atoms with Crippen LogP contribution in [-0.2, 0) is 17.6 Å². The molecule has 1 aliphatic carbocycles. The molecule has 3 atom stereocenters. The Morgan fingerprint density at radius 2 is 1.33 bits per heavy atom. The molecule has 0 aromatic heterocycles. The topological polar surface area (TPSA) is 148 Å². The van der Waals surface area contributed by atoms with Crippen LogP contribution in [0.3, 0.4) is 0 Å². The van der Waals surface area contributed by atoms with Gasteiger partial charge in [-0.3, -0.25) is 4.79 Å². The van der Waals surface area contributed by atoms with Crippen LogP contribution in [0.4, 0.5) is 0 Å². The molecule has 8 heteroatoms. The van der Waals surface area contributed by atoms with Gasteiger partial charge in [-0.1, -0.05) is 12.1 Å². The lowest BCUT2D eigenvalue weighted by Crippen LogP contribution is -2.31. The first kappa shape index (κ1) is 21.0. The summed E-state index contributed by atoms with van der Waals surface area (Å²) in [5, 5.41) is 60.8. The molecule has 0 saturated carbocycles. The van der Waals surface area contributed by atoms with Crippen LogP contribution in [0.1, 0.15) is 46.1 Å². The second kappa shape index (κ2) is 7.60. The summed E-state index contributed by atoms with van der Waals surface area (Å²) in [6.45, 7) is 0. The number of aliphatic hydroxyl groups is 1. The summed E-state index contributed by atoms with van der Waals surface area (Å²) >= 11 is 0. The summed E-state index contributed by atoms with van der Waals surface area (Å²) in [5.74, 6) is -2.45. The van der Waals surface area contributed by atoms with E-state index in [0.29, 0.717) is 22.3 Å². The minimum absolute atomic E-state index is 0.00164. The first-order valence-corrected chi connectivity index (χ1v) is 10.5. The molecule has 3 aromatic rings. The maximum absolute atomic E-state index is 12.3. The Bertz CT molecular complexity index is 1280. The molecular formula is C25H22O8. The summed E-state index contributed by atoms with van der Waals surface area (Å²) in [6, 6.07) is 10.1. The quantitative estimate of drug-likeness (QED) is 0.198. The number of rotatable bonds is 2. The molecular weight excluding hydrogens is 428 g/mol. The van der Waals surface area contributed by atoms with E-state index in [1.54, 1.807) is 12.1 Å². The molecule has 0 radical (unpaired) electrons. The minimum Gasteiger partial charge on any atom is -0.508 e. The summed E-state index contributed by atoms with van der Waals surface area (Å²) < 4.78 is 5.44. The van der Waals surface area contributed by atoms with Crippen LogP contribution in [-0.4, -0.2) is 42.7 Å². The van der Waals surface area contributed by atoms with Crippen molar-refractivity contribution in [1.29, 1.82) is 0 Å². The normalized spacial score (nSPS) is 21.7. The van der Waals surface area contributed by atoms with Crippen molar-refractivity contribution >= 4 is 5.97 Å². The van der Waals surface area contributed by atoms with Gasteiger partial charge in [-0.25, -0.2) is 0 Å². The van der Waals surface area contributed by atoms with Crippen LogP contribution in [0.5, 0.6) is 34.5 Å². The zero-order valence-electron chi connectivity index (χ0n) is 17.4. The lowest BCUT2D eigenvalue weighted by molar-refractivity contribution is -0.135. The molecule has 33 heavy (non-hydrogen) atoms. The number of aliphatic hydroxyl groups excluding tert-OH is 1. The Balaban J connectivity index is 1.66. The second-order valence-corrected chi connectivity index (χ2v) is 8.57. The average molecular weight is 450 g/mol. The van der Waals surface area contributed by atoms with Crippen LogP contribution in [0.25, 0.3) is 0 Å². The van der Waals surface area contributed by atoms with Gasteiger partial charge < -0.3 is 35.4 Å². The fraction of sp³-hybridized carbons (Fsp3) is 0.240. The Kier molecular flexibility index (Phi) is 4.83. The van der Waals surface area contributed by atoms with Crippen LogP contribution in [0.15, 0.2) is 42.5 Å². The van der Waals surface area contributed by atoms with Gasteiger partial charge in [0.05, 0.1) is 12.5 Å². The van der Waals surface area contributed by atoms with Gasteiger partial charge in [-0.05, 0) is 47.4 Å². The number of carbonyl (C=O) groups is 1. The summed E-state index contributed by atoms with van der Waals surface area (Å²) in [5.41, 5.74) is 3.16. The molecule has 5 rings (SSSR count). The van der Waals surface area contributed by atoms with E-state index >= 15 is 0 Å². The molecule has 6 N–H and O–H groups in total. The summed E-state index contributed by atoms with van der Waals surface area (Å²) in [7, 11) is 0. The summed E-state index contributed by atoms with van der Waals surface area (Å²) in [4.78, 5) is 12.3. The van der Waals surface area contributed by atoms with E-state index < -0.39 is 23.9 Å². The zero-order chi connectivity index (χ0) is 23.4. The lowest BCUT2D eigenvalue weighted by atomic mass is 9.72. The fourth-order valence-corrected chi connectivity index (χ4v) is 4.98. The van der Waals surface area contributed by atoms with Crippen molar-refractivity contribution in [3.8, 4) is 34.5 Å². The highest BCUT2D eigenvalue weighted by Gasteiger charge is 2.38. The second-order valence-electron chi connectivity index (χ2n) is 8.57. The highest BCUT2D eigenvalue weighted by molar-refractivity contribution is 5.79. The minimum atomic E-state index is -0.854. The Morgan fingerprint density at radius 3 is 2.00 bits per heavy atom. The van der Waals surface area contributed by atoms with Gasteiger partial charge in [0.2, 0.25) is 0 Å². The van der Waals surface area contributed by atoms with Crippen LogP contribution < -0.4 is 4.74 Å². The third-order valence-electron chi connectivity index (χ3n) is 6.61. The van der Waals surface area contributed by atoms with Crippen molar-refractivity contribution in [2.75, 3.05) is 0 Å². The number of benzene rings is 3. The van der Waals surface area contributed by atoms with E-state index in [1.165, 1.54) is 30.3 Å². The molecule has 0 spiro atoms. The molecule has 8 nitrogen and oxygen atoms in total. The van der Waals surface area contributed by atoms with Crippen LogP contribution in [0.2, 0.25) is 0 Å². The monoisotopic (exact) mass is 450 g/mol. The Hall–Kier alpha value is -3.91. The van der Waals surface area contributed by atoms with Gasteiger partial charge in [0, 0.05) is 35.4 Å². The maximum Gasteiger partial charge on any atom is 0.312 e. The van der Waals surface area contributed by atoms with Gasteiger partial charge in [-0.2, -0.15) is 0 Å². The number of ether oxygens (including phenoxy) is 1. The number of phenols is 5. The van der Waals surface area contributed by atoms with E-state index in [1.807, 2.05) is 0 Å². The maximum atomic E-state index is 12.3. The average Bonchev–Trinajstić information content (AvgIpc) is 2.77. The van der Waals surface area contributed by atoms with E-state index in [9.17, 15) is 35.4 Å². The molecule has 0 fully saturated rings. The van der Waals surface area contributed by atoms with Gasteiger partial charge in [0.15, 0.2) is 23.0 Å². The van der Waals surface area contributed by atoms with Gasteiger partial charge in [0.25, 0.3) is 0 Å².